The third kappa shape index (κ3) is 3.43. The lowest BCUT2D eigenvalue weighted by atomic mass is 9.94. The molecule has 1 N–H and O–H groups in total. The maximum atomic E-state index is 13.2. The van der Waals surface area contributed by atoms with E-state index in [1.807, 2.05) is 18.2 Å². The van der Waals surface area contributed by atoms with Crippen LogP contribution in [0.1, 0.15) is 34.1 Å². The van der Waals surface area contributed by atoms with Crippen molar-refractivity contribution in [1.82, 2.24) is 19.7 Å². The molecule has 0 aliphatic carbocycles. The third-order valence-corrected chi connectivity index (χ3v) is 5.80. The Morgan fingerprint density at radius 1 is 1.16 bits per heavy atom. The third-order valence-electron chi connectivity index (χ3n) is 5.80. The molecule has 3 heterocycles. The first-order valence-electron chi connectivity index (χ1n) is 10.2. The minimum absolute atomic E-state index is 0.0163. The van der Waals surface area contributed by atoms with E-state index in [0.29, 0.717) is 28.3 Å². The molecule has 32 heavy (non-hydrogen) atoms. The largest absolute Gasteiger partial charge is 0.507 e. The van der Waals surface area contributed by atoms with Crippen molar-refractivity contribution in [3.63, 3.8) is 0 Å². The molecule has 164 valence electrons. The number of carbonyl (C=O) groups is 2. The van der Waals surface area contributed by atoms with Gasteiger partial charge in [0.05, 0.1) is 30.0 Å². The minimum atomic E-state index is -0.828. The summed E-state index contributed by atoms with van der Waals surface area (Å²) in [6, 6.07) is 9.95. The van der Waals surface area contributed by atoms with Crippen LogP contribution in [0.15, 0.2) is 54.4 Å². The molecule has 0 bridgehead atoms. The number of nitrogens with zero attached hydrogens (tertiary/aromatic N) is 4. The number of aliphatic hydroxyl groups excluding tert-OH is 1. The number of aliphatic hydroxyl groups is 1. The molecule has 3 aromatic rings. The predicted octanol–water partition coefficient (Wildman–Crippen LogP) is 3.06. The SMILES string of the molecule is COc1ccccc1[C@@H]1/C(=C(\O)c2c(C)nn(C)c2C)C(=O)C(=O)N1Cc1cccnc1. The van der Waals surface area contributed by atoms with Crippen molar-refractivity contribution in [1.29, 1.82) is 0 Å². The molecule has 8 nitrogen and oxygen atoms in total. The van der Waals surface area contributed by atoms with Crippen LogP contribution in [-0.4, -0.2) is 43.6 Å². The molecular formula is C24H24N4O4. The van der Waals surface area contributed by atoms with Gasteiger partial charge in [-0.15, -0.1) is 0 Å². The highest BCUT2D eigenvalue weighted by Crippen LogP contribution is 2.43. The summed E-state index contributed by atoms with van der Waals surface area (Å²) in [5.74, 6) is -1.16. The number of amides is 1. The van der Waals surface area contributed by atoms with Crippen LogP contribution in [0.5, 0.6) is 5.75 Å². The van der Waals surface area contributed by atoms with Crippen LogP contribution in [0.2, 0.25) is 0 Å². The van der Waals surface area contributed by atoms with Crippen LogP contribution < -0.4 is 4.74 Å². The summed E-state index contributed by atoms with van der Waals surface area (Å²) in [5, 5.41) is 15.7. The van der Waals surface area contributed by atoms with Crippen molar-refractivity contribution in [2.45, 2.75) is 26.4 Å². The number of carbonyl (C=O) groups excluding carboxylic acids is 2. The zero-order chi connectivity index (χ0) is 23.0. The molecule has 2 aromatic heterocycles. The lowest BCUT2D eigenvalue weighted by molar-refractivity contribution is -0.140. The van der Waals surface area contributed by atoms with Crippen LogP contribution in [0, 0.1) is 13.8 Å². The van der Waals surface area contributed by atoms with Crippen LogP contribution in [0.3, 0.4) is 0 Å². The number of hydrogen-bond donors (Lipinski definition) is 1. The maximum absolute atomic E-state index is 13.2. The van der Waals surface area contributed by atoms with Gasteiger partial charge in [0.1, 0.15) is 11.5 Å². The average molecular weight is 432 g/mol. The number of Topliss-reactive ketones (excluding diaryl/α,β-unsaturated/α-hetero) is 1. The highest BCUT2D eigenvalue weighted by Gasteiger charge is 2.47. The van der Waals surface area contributed by atoms with E-state index in [1.165, 1.54) is 12.0 Å². The van der Waals surface area contributed by atoms with Crippen molar-refractivity contribution in [3.05, 3.63) is 82.4 Å². The van der Waals surface area contributed by atoms with Gasteiger partial charge in [-0.25, -0.2) is 0 Å². The fourth-order valence-electron chi connectivity index (χ4n) is 4.20. The van der Waals surface area contributed by atoms with E-state index in [1.54, 1.807) is 56.2 Å². The monoisotopic (exact) mass is 432 g/mol. The van der Waals surface area contributed by atoms with Crippen molar-refractivity contribution < 1.29 is 19.4 Å². The zero-order valence-electron chi connectivity index (χ0n) is 18.4. The predicted molar refractivity (Wildman–Crippen MR) is 118 cm³/mol. The van der Waals surface area contributed by atoms with Crippen LogP contribution in [-0.2, 0) is 23.2 Å². The van der Waals surface area contributed by atoms with Crippen molar-refractivity contribution >= 4 is 17.4 Å². The van der Waals surface area contributed by atoms with E-state index in [9.17, 15) is 14.7 Å². The van der Waals surface area contributed by atoms with Gasteiger partial charge in [0.25, 0.3) is 11.7 Å². The number of pyridine rings is 1. The molecule has 1 saturated heterocycles. The first-order chi connectivity index (χ1) is 15.3. The van der Waals surface area contributed by atoms with E-state index in [-0.39, 0.29) is 17.9 Å². The Morgan fingerprint density at radius 2 is 1.91 bits per heavy atom. The molecule has 0 radical (unpaired) electrons. The Labute approximate surface area is 185 Å². The Bertz CT molecular complexity index is 1230. The van der Waals surface area contributed by atoms with Gasteiger partial charge in [-0.1, -0.05) is 24.3 Å². The number of para-hydroxylation sites is 1. The van der Waals surface area contributed by atoms with Gasteiger partial charge in [-0.2, -0.15) is 5.10 Å². The summed E-state index contributed by atoms with van der Waals surface area (Å²) >= 11 is 0. The Kier molecular flexibility index (Phi) is 5.52. The molecule has 1 aliphatic rings. The first-order valence-corrected chi connectivity index (χ1v) is 10.2. The van der Waals surface area contributed by atoms with E-state index < -0.39 is 17.7 Å². The molecule has 1 amide bonds. The Hall–Kier alpha value is -3.94. The first kappa shape index (κ1) is 21.3. The van der Waals surface area contributed by atoms with Gasteiger partial charge in [0, 0.05) is 37.2 Å². The van der Waals surface area contributed by atoms with Crippen LogP contribution >= 0.6 is 0 Å². The molecule has 0 spiro atoms. The van der Waals surface area contributed by atoms with Crippen molar-refractivity contribution in [2.75, 3.05) is 7.11 Å². The molecule has 0 saturated carbocycles. The standard InChI is InChI=1S/C24H24N4O4/c1-14-19(15(2)27(3)26-14)22(29)20-21(17-9-5-6-10-18(17)32-4)28(24(31)23(20)30)13-16-8-7-11-25-12-16/h5-12,21,29H,13H2,1-4H3/b22-20+/t21-/m1/s1. The fraction of sp³-hybridized carbons (Fsp3) is 0.250. The lowest BCUT2D eigenvalue weighted by Gasteiger charge is -2.26. The Morgan fingerprint density at radius 3 is 2.53 bits per heavy atom. The van der Waals surface area contributed by atoms with Gasteiger partial charge in [0.2, 0.25) is 0 Å². The summed E-state index contributed by atoms with van der Waals surface area (Å²) < 4.78 is 7.16. The Balaban J connectivity index is 1.95. The topological polar surface area (TPSA) is 97.5 Å². The second-order valence-electron chi connectivity index (χ2n) is 7.70. The maximum Gasteiger partial charge on any atom is 0.295 e. The number of likely N-dealkylation sites (tertiary alicyclic amines) is 1. The second-order valence-corrected chi connectivity index (χ2v) is 7.70. The smallest absolute Gasteiger partial charge is 0.295 e. The lowest BCUT2D eigenvalue weighted by Crippen LogP contribution is -2.29. The second kappa shape index (κ2) is 8.30. The summed E-state index contributed by atoms with van der Waals surface area (Å²) in [5.41, 5.74) is 3.10. The van der Waals surface area contributed by atoms with Crippen LogP contribution in [0.25, 0.3) is 5.76 Å². The molecule has 4 rings (SSSR count). The van der Waals surface area contributed by atoms with E-state index >= 15 is 0 Å². The number of hydrogen-bond acceptors (Lipinski definition) is 6. The molecule has 0 unspecified atom stereocenters. The van der Waals surface area contributed by atoms with Gasteiger partial charge < -0.3 is 14.7 Å². The minimum Gasteiger partial charge on any atom is -0.507 e. The molecule has 1 aliphatic heterocycles. The number of benzene rings is 1. The number of rotatable bonds is 5. The zero-order valence-corrected chi connectivity index (χ0v) is 18.4. The van der Waals surface area contributed by atoms with Gasteiger partial charge >= 0.3 is 0 Å². The molecular weight excluding hydrogens is 408 g/mol. The van der Waals surface area contributed by atoms with Gasteiger partial charge in [-0.3, -0.25) is 19.3 Å². The molecule has 1 aromatic carbocycles. The molecule has 1 atom stereocenters. The van der Waals surface area contributed by atoms with E-state index in [2.05, 4.69) is 10.1 Å². The normalized spacial score (nSPS) is 17.8. The van der Waals surface area contributed by atoms with Crippen molar-refractivity contribution in [2.24, 2.45) is 7.05 Å². The van der Waals surface area contributed by atoms with Gasteiger partial charge in [0.15, 0.2) is 0 Å². The molecule has 8 heteroatoms. The summed E-state index contributed by atoms with van der Waals surface area (Å²) in [4.78, 5) is 32.0. The fourth-order valence-corrected chi connectivity index (χ4v) is 4.20. The molecule has 1 fully saturated rings. The van der Waals surface area contributed by atoms with Gasteiger partial charge in [-0.05, 0) is 31.5 Å². The number of aromatic nitrogens is 3. The number of ether oxygens (including phenoxy) is 1. The number of aryl methyl sites for hydroxylation is 2. The van der Waals surface area contributed by atoms with Crippen molar-refractivity contribution in [3.8, 4) is 5.75 Å². The summed E-state index contributed by atoms with van der Waals surface area (Å²) in [6.07, 6.45) is 3.29. The highest BCUT2D eigenvalue weighted by molar-refractivity contribution is 6.46. The van der Waals surface area contributed by atoms with Crippen LogP contribution in [0.4, 0.5) is 0 Å². The number of ketones is 1. The quantitative estimate of drug-likeness (QED) is 0.378. The summed E-state index contributed by atoms with van der Waals surface area (Å²) in [6.45, 7) is 3.72. The van der Waals surface area contributed by atoms with E-state index in [4.69, 9.17) is 4.74 Å². The van der Waals surface area contributed by atoms with E-state index in [0.717, 1.165) is 5.56 Å². The average Bonchev–Trinajstić information content (AvgIpc) is 3.20. The summed E-state index contributed by atoms with van der Waals surface area (Å²) in [7, 11) is 3.29. The highest BCUT2D eigenvalue weighted by atomic mass is 16.5. The number of methoxy groups -OCH3 is 1.